The predicted octanol–water partition coefficient (Wildman–Crippen LogP) is 0.667. The van der Waals surface area contributed by atoms with Gasteiger partial charge in [0, 0.05) is 5.92 Å². The fraction of sp³-hybridized carbons (Fsp3) is 0.474. The third-order valence-electron chi connectivity index (χ3n) is 4.82. The highest BCUT2D eigenvalue weighted by molar-refractivity contribution is 6.33. The number of nitrogens with one attached hydrogen (secondary N) is 1. The van der Waals surface area contributed by atoms with Crippen molar-refractivity contribution >= 4 is 17.5 Å². The second-order valence-corrected chi connectivity index (χ2v) is 8.26. The Morgan fingerprint density at radius 3 is 2.66 bits per heavy atom. The summed E-state index contributed by atoms with van der Waals surface area (Å²) in [6, 6.07) is 4.27. The summed E-state index contributed by atoms with van der Waals surface area (Å²) in [7, 11) is 0. The fourth-order valence-corrected chi connectivity index (χ4v) is 3.25. The molecule has 0 bridgehead atoms. The lowest BCUT2D eigenvalue weighted by Crippen LogP contribution is -2.45. The number of aliphatic hydroxyl groups excluding tert-OH is 1. The van der Waals surface area contributed by atoms with E-state index < -0.39 is 29.0 Å². The molecule has 1 unspecified atom stereocenters. The van der Waals surface area contributed by atoms with Crippen LogP contribution in [0.4, 0.5) is 0 Å². The standard InChI is InChI=1S/C19H23ClN4O5/c1-19(2,29)10-23-15(25)9-21-24(18(23)28)12-6-7-14(20)13(8-12)17(27)22-16(26)11-4-3-5-11/h6-9,11,16,26,29H,3-5,10H2,1-2H3,(H,22,27). The van der Waals surface area contributed by atoms with Gasteiger partial charge in [0.25, 0.3) is 11.5 Å². The molecule has 156 valence electrons. The summed E-state index contributed by atoms with van der Waals surface area (Å²) in [6.07, 6.45) is 2.70. The zero-order valence-corrected chi connectivity index (χ0v) is 16.9. The number of rotatable bonds is 6. The monoisotopic (exact) mass is 422 g/mol. The molecular weight excluding hydrogens is 400 g/mol. The number of carbonyl (C=O) groups excluding carboxylic acids is 1. The van der Waals surface area contributed by atoms with Gasteiger partial charge in [-0.2, -0.15) is 9.78 Å². The molecule has 10 heteroatoms. The Labute approximate surface area is 171 Å². The quantitative estimate of drug-likeness (QED) is 0.587. The van der Waals surface area contributed by atoms with Gasteiger partial charge >= 0.3 is 5.69 Å². The first-order valence-corrected chi connectivity index (χ1v) is 9.65. The summed E-state index contributed by atoms with van der Waals surface area (Å²) in [5.41, 5.74) is -2.42. The number of aromatic nitrogens is 3. The molecular formula is C19H23ClN4O5. The first-order valence-electron chi connectivity index (χ1n) is 9.27. The number of nitrogens with zero attached hydrogens (tertiary/aromatic N) is 3. The van der Waals surface area contributed by atoms with E-state index in [0.29, 0.717) is 0 Å². The van der Waals surface area contributed by atoms with Gasteiger partial charge in [0.2, 0.25) is 0 Å². The molecule has 1 aromatic heterocycles. The van der Waals surface area contributed by atoms with Crippen molar-refractivity contribution in [3.8, 4) is 5.69 Å². The topological polar surface area (TPSA) is 126 Å². The second-order valence-electron chi connectivity index (χ2n) is 7.85. The molecule has 0 saturated heterocycles. The fourth-order valence-electron chi connectivity index (χ4n) is 3.05. The van der Waals surface area contributed by atoms with Crippen molar-refractivity contribution in [3.63, 3.8) is 0 Å². The molecule has 1 heterocycles. The van der Waals surface area contributed by atoms with Crippen LogP contribution in [0.15, 0.2) is 34.0 Å². The van der Waals surface area contributed by atoms with Gasteiger partial charge in [0.15, 0.2) is 0 Å². The zero-order chi connectivity index (χ0) is 21.3. The highest BCUT2D eigenvalue weighted by atomic mass is 35.5. The molecule has 1 fully saturated rings. The molecule has 1 atom stereocenters. The number of hydrogen-bond acceptors (Lipinski definition) is 6. The van der Waals surface area contributed by atoms with E-state index >= 15 is 0 Å². The first kappa shape index (κ1) is 21.2. The molecule has 0 radical (unpaired) electrons. The van der Waals surface area contributed by atoms with Gasteiger partial charge in [0.05, 0.1) is 28.4 Å². The van der Waals surface area contributed by atoms with E-state index in [1.807, 2.05) is 0 Å². The molecule has 0 aliphatic heterocycles. The molecule has 1 aliphatic rings. The smallest absolute Gasteiger partial charge is 0.352 e. The number of aliphatic hydroxyl groups is 2. The summed E-state index contributed by atoms with van der Waals surface area (Å²) in [6.45, 7) is 2.73. The molecule has 0 spiro atoms. The van der Waals surface area contributed by atoms with Crippen LogP contribution in [-0.4, -0.2) is 42.3 Å². The Morgan fingerprint density at radius 2 is 2.07 bits per heavy atom. The number of amides is 1. The van der Waals surface area contributed by atoms with Crippen LogP contribution in [0.25, 0.3) is 5.69 Å². The third-order valence-corrected chi connectivity index (χ3v) is 5.15. The van der Waals surface area contributed by atoms with Crippen LogP contribution in [-0.2, 0) is 6.54 Å². The average molecular weight is 423 g/mol. The molecule has 1 aliphatic carbocycles. The van der Waals surface area contributed by atoms with Gasteiger partial charge in [-0.15, -0.1) is 0 Å². The Morgan fingerprint density at radius 1 is 1.38 bits per heavy atom. The molecule has 1 saturated carbocycles. The Hall–Kier alpha value is -2.49. The lowest BCUT2D eigenvalue weighted by molar-refractivity contribution is 0.0319. The van der Waals surface area contributed by atoms with E-state index in [4.69, 9.17) is 11.6 Å². The lowest BCUT2D eigenvalue weighted by atomic mass is 9.84. The highest BCUT2D eigenvalue weighted by Gasteiger charge is 2.27. The Kier molecular flexibility index (Phi) is 5.92. The maximum Gasteiger partial charge on any atom is 0.352 e. The van der Waals surface area contributed by atoms with Crippen molar-refractivity contribution in [1.82, 2.24) is 19.7 Å². The van der Waals surface area contributed by atoms with Crippen molar-refractivity contribution in [2.75, 3.05) is 0 Å². The summed E-state index contributed by atoms with van der Waals surface area (Å²) < 4.78 is 1.81. The molecule has 1 amide bonds. The SMILES string of the molecule is CC(C)(O)Cn1c(=O)cnn(-c2ccc(Cl)c(C(=O)NC(O)C3CCC3)c2)c1=O. The maximum absolute atomic E-state index is 12.7. The molecule has 1 aromatic carbocycles. The zero-order valence-electron chi connectivity index (χ0n) is 16.1. The minimum Gasteiger partial charge on any atom is -0.389 e. The number of hydrogen-bond donors (Lipinski definition) is 3. The van der Waals surface area contributed by atoms with Crippen molar-refractivity contribution in [2.24, 2.45) is 5.92 Å². The van der Waals surface area contributed by atoms with Crippen molar-refractivity contribution < 1.29 is 15.0 Å². The van der Waals surface area contributed by atoms with Crippen LogP contribution < -0.4 is 16.6 Å². The molecule has 3 rings (SSSR count). The van der Waals surface area contributed by atoms with Gasteiger partial charge in [-0.25, -0.2) is 4.79 Å². The lowest BCUT2D eigenvalue weighted by Gasteiger charge is -2.30. The average Bonchev–Trinajstić information content (AvgIpc) is 2.57. The summed E-state index contributed by atoms with van der Waals surface area (Å²) >= 11 is 6.13. The molecule has 3 N–H and O–H groups in total. The van der Waals surface area contributed by atoms with Crippen molar-refractivity contribution in [1.29, 1.82) is 0 Å². The molecule has 29 heavy (non-hydrogen) atoms. The van der Waals surface area contributed by atoms with E-state index in [2.05, 4.69) is 10.4 Å². The van der Waals surface area contributed by atoms with Crippen molar-refractivity contribution in [2.45, 2.75) is 51.5 Å². The Bertz CT molecular complexity index is 1040. The largest absolute Gasteiger partial charge is 0.389 e. The Balaban J connectivity index is 1.95. The van der Waals surface area contributed by atoms with Gasteiger partial charge in [-0.05, 0) is 44.9 Å². The van der Waals surface area contributed by atoms with Crippen LogP contribution in [0.1, 0.15) is 43.5 Å². The van der Waals surface area contributed by atoms with Crippen molar-refractivity contribution in [3.05, 3.63) is 55.8 Å². The first-order chi connectivity index (χ1) is 13.6. The van der Waals surface area contributed by atoms with Gasteiger partial charge in [-0.1, -0.05) is 18.0 Å². The summed E-state index contributed by atoms with van der Waals surface area (Å²) in [5.74, 6) is -0.551. The number of benzene rings is 1. The minimum absolute atomic E-state index is 0.0237. The van der Waals surface area contributed by atoms with Gasteiger partial charge in [0.1, 0.15) is 12.4 Å². The summed E-state index contributed by atoms with van der Waals surface area (Å²) in [4.78, 5) is 37.3. The van der Waals surface area contributed by atoms with E-state index in [0.717, 1.165) is 34.7 Å². The minimum atomic E-state index is -1.29. The van der Waals surface area contributed by atoms with Gasteiger partial charge < -0.3 is 15.5 Å². The van der Waals surface area contributed by atoms with E-state index in [1.54, 1.807) is 0 Å². The number of carbonyl (C=O) groups is 1. The van der Waals surface area contributed by atoms with Crippen LogP contribution in [0, 0.1) is 5.92 Å². The van der Waals surface area contributed by atoms with E-state index in [9.17, 15) is 24.6 Å². The predicted molar refractivity (Wildman–Crippen MR) is 106 cm³/mol. The van der Waals surface area contributed by atoms with Crippen LogP contribution in [0.5, 0.6) is 0 Å². The van der Waals surface area contributed by atoms with Crippen LogP contribution in [0.3, 0.4) is 0 Å². The van der Waals surface area contributed by atoms with E-state index in [1.165, 1.54) is 32.0 Å². The molecule has 2 aromatic rings. The van der Waals surface area contributed by atoms with Crippen LogP contribution >= 0.6 is 11.6 Å². The van der Waals surface area contributed by atoms with Gasteiger partial charge in [-0.3, -0.25) is 14.2 Å². The third kappa shape index (κ3) is 4.75. The normalized spacial score (nSPS) is 15.6. The number of halogens is 1. The molecule has 9 nitrogen and oxygen atoms in total. The maximum atomic E-state index is 12.7. The van der Waals surface area contributed by atoms with Crippen LogP contribution in [0.2, 0.25) is 5.02 Å². The second kappa shape index (κ2) is 8.10. The van der Waals surface area contributed by atoms with E-state index in [-0.39, 0.29) is 28.7 Å². The summed E-state index contributed by atoms with van der Waals surface area (Å²) in [5, 5.41) is 26.6. The highest BCUT2D eigenvalue weighted by Crippen LogP contribution is 2.29.